The van der Waals surface area contributed by atoms with Crippen molar-refractivity contribution in [2.24, 2.45) is 11.8 Å². The topological polar surface area (TPSA) is 34.6 Å². The molecule has 1 aliphatic rings. The highest BCUT2D eigenvalue weighted by atomic mass is 16.5. The Labute approximate surface area is 138 Å². The van der Waals surface area contributed by atoms with E-state index in [2.05, 4.69) is 31.7 Å². The standard InChI is InChI=1S/C19H26N2O2/c1-12-8-13(2)11-21(10-12)17-9-14(3)18-15(22-4)6-7-16(23-5)19(18)20-17/h6-7,9,12-13H,8,10-11H2,1-5H3/t12-,13+. The zero-order chi connectivity index (χ0) is 16.6. The summed E-state index contributed by atoms with van der Waals surface area (Å²) in [5.74, 6) is 4.08. The maximum absolute atomic E-state index is 5.53. The molecular formula is C19H26N2O2. The molecule has 0 spiro atoms. The molecule has 124 valence electrons. The van der Waals surface area contributed by atoms with Crippen molar-refractivity contribution in [2.45, 2.75) is 27.2 Å². The molecule has 1 aromatic carbocycles. The van der Waals surface area contributed by atoms with Gasteiger partial charge in [-0.25, -0.2) is 4.98 Å². The molecule has 1 saturated heterocycles. The van der Waals surface area contributed by atoms with Crippen LogP contribution in [0.25, 0.3) is 10.9 Å². The van der Waals surface area contributed by atoms with E-state index >= 15 is 0 Å². The van der Waals surface area contributed by atoms with Gasteiger partial charge >= 0.3 is 0 Å². The van der Waals surface area contributed by atoms with Crippen LogP contribution in [-0.2, 0) is 0 Å². The lowest BCUT2D eigenvalue weighted by Crippen LogP contribution is -2.39. The summed E-state index contributed by atoms with van der Waals surface area (Å²) < 4.78 is 11.0. The van der Waals surface area contributed by atoms with Crippen LogP contribution < -0.4 is 14.4 Å². The first-order valence-electron chi connectivity index (χ1n) is 8.30. The first-order valence-corrected chi connectivity index (χ1v) is 8.30. The van der Waals surface area contributed by atoms with E-state index in [1.165, 1.54) is 12.0 Å². The number of aryl methyl sites for hydroxylation is 1. The molecule has 2 heterocycles. The third-order valence-corrected chi connectivity index (χ3v) is 4.70. The molecule has 4 nitrogen and oxygen atoms in total. The van der Waals surface area contributed by atoms with Crippen LogP contribution in [0.2, 0.25) is 0 Å². The Morgan fingerprint density at radius 3 is 2.26 bits per heavy atom. The molecule has 2 atom stereocenters. The fourth-order valence-corrected chi connectivity index (χ4v) is 3.81. The van der Waals surface area contributed by atoms with Crippen LogP contribution in [0, 0.1) is 18.8 Å². The van der Waals surface area contributed by atoms with Crippen LogP contribution in [0.15, 0.2) is 18.2 Å². The average Bonchev–Trinajstić information content (AvgIpc) is 2.52. The second-order valence-corrected chi connectivity index (χ2v) is 6.84. The number of nitrogens with zero attached hydrogens (tertiary/aromatic N) is 2. The van der Waals surface area contributed by atoms with Crippen LogP contribution in [0.4, 0.5) is 5.82 Å². The first-order chi connectivity index (χ1) is 11.0. The first kappa shape index (κ1) is 15.9. The quantitative estimate of drug-likeness (QED) is 0.856. The number of pyridine rings is 1. The summed E-state index contributed by atoms with van der Waals surface area (Å²) in [4.78, 5) is 7.34. The minimum absolute atomic E-state index is 0.698. The molecule has 1 fully saturated rings. The molecule has 0 radical (unpaired) electrons. The molecule has 0 bridgehead atoms. The number of hydrogen-bond acceptors (Lipinski definition) is 4. The molecule has 0 amide bonds. The van der Waals surface area contributed by atoms with Gasteiger partial charge in [-0.2, -0.15) is 0 Å². The molecule has 2 aromatic rings. The lowest BCUT2D eigenvalue weighted by molar-refractivity contribution is 0.355. The molecule has 1 aromatic heterocycles. The summed E-state index contributed by atoms with van der Waals surface area (Å²) in [6.45, 7) is 8.88. The smallest absolute Gasteiger partial charge is 0.145 e. The van der Waals surface area contributed by atoms with Crippen LogP contribution in [0.1, 0.15) is 25.8 Å². The van der Waals surface area contributed by atoms with E-state index < -0.39 is 0 Å². The second-order valence-electron chi connectivity index (χ2n) is 6.84. The third kappa shape index (κ3) is 2.94. The van der Waals surface area contributed by atoms with Crippen LogP contribution in [0.5, 0.6) is 11.5 Å². The Balaban J connectivity index is 2.13. The number of benzene rings is 1. The number of aromatic nitrogens is 1. The van der Waals surface area contributed by atoms with Gasteiger partial charge in [0.15, 0.2) is 0 Å². The van der Waals surface area contributed by atoms with Gasteiger partial charge in [0.2, 0.25) is 0 Å². The Hall–Kier alpha value is -1.97. The normalized spacial score (nSPS) is 21.5. The number of anilines is 1. The predicted molar refractivity (Wildman–Crippen MR) is 94.7 cm³/mol. The minimum atomic E-state index is 0.698. The fourth-order valence-electron chi connectivity index (χ4n) is 3.81. The highest BCUT2D eigenvalue weighted by molar-refractivity contribution is 5.94. The monoisotopic (exact) mass is 314 g/mol. The van der Waals surface area contributed by atoms with Crippen molar-refractivity contribution in [1.29, 1.82) is 0 Å². The van der Waals surface area contributed by atoms with Crippen molar-refractivity contribution in [2.75, 3.05) is 32.2 Å². The molecule has 1 aliphatic heterocycles. The van der Waals surface area contributed by atoms with Gasteiger partial charge < -0.3 is 14.4 Å². The summed E-state index contributed by atoms with van der Waals surface area (Å²) in [5, 5.41) is 1.04. The van der Waals surface area contributed by atoms with Gasteiger partial charge in [-0.1, -0.05) is 13.8 Å². The van der Waals surface area contributed by atoms with Gasteiger partial charge in [-0.05, 0) is 48.9 Å². The summed E-state index contributed by atoms with van der Waals surface area (Å²) in [6.07, 6.45) is 1.29. The van der Waals surface area contributed by atoms with Crippen LogP contribution in [-0.4, -0.2) is 32.3 Å². The van der Waals surface area contributed by atoms with Gasteiger partial charge in [-0.15, -0.1) is 0 Å². The van der Waals surface area contributed by atoms with Crippen LogP contribution in [0.3, 0.4) is 0 Å². The zero-order valence-electron chi connectivity index (χ0n) is 14.7. The van der Waals surface area contributed by atoms with Gasteiger partial charge in [0.25, 0.3) is 0 Å². The Morgan fingerprint density at radius 2 is 1.65 bits per heavy atom. The lowest BCUT2D eigenvalue weighted by Gasteiger charge is -2.36. The average molecular weight is 314 g/mol. The molecular weight excluding hydrogens is 288 g/mol. The van der Waals surface area contributed by atoms with Gasteiger partial charge in [0, 0.05) is 18.5 Å². The van der Waals surface area contributed by atoms with E-state index in [4.69, 9.17) is 14.5 Å². The molecule has 0 aliphatic carbocycles. The Morgan fingerprint density at radius 1 is 1.04 bits per heavy atom. The van der Waals surface area contributed by atoms with E-state index in [1.54, 1.807) is 14.2 Å². The summed E-state index contributed by atoms with van der Waals surface area (Å²) in [6, 6.07) is 6.05. The number of methoxy groups -OCH3 is 2. The van der Waals surface area contributed by atoms with Crippen LogP contribution >= 0.6 is 0 Å². The number of ether oxygens (including phenoxy) is 2. The largest absolute Gasteiger partial charge is 0.496 e. The maximum atomic E-state index is 5.53. The number of fused-ring (bicyclic) bond motifs is 1. The SMILES string of the molecule is COc1ccc(OC)c2c(C)cc(N3C[C@H](C)C[C@H](C)C3)nc12. The molecule has 23 heavy (non-hydrogen) atoms. The third-order valence-electron chi connectivity index (χ3n) is 4.70. The van der Waals surface area contributed by atoms with E-state index in [0.717, 1.165) is 41.3 Å². The van der Waals surface area contributed by atoms with Crippen molar-refractivity contribution in [3.05, 3.63) is 23.8 Å². The van der Waals surface area contributed by atoms with Crippen molar-refractivity contribution < 1.29 is 9.47 Å². The highest BCUT2D eigenvalue weighted by Gasteiger charge is 2.24. The number of rotatable bonds is 3. The Kier molecular flexibility index (Phi) is 4.33. The van der Waals surface area contributed by atoms with Crippen molar-refractivity contribution in [3.63, 3.8) is 0 Å². The molecule has 0 saturated carbocycles. The summed E-state index contributed by atoms with van der Waals surface area (Å²) in [5.41, 5.74) is 2.05. The van der Waals surface area contributed by atoms with E-state index in [1.807, 2.05) is 12.1 Å². The molecule has 3 rings (SSSR count). The summed E-state index contributed by atoms with van der Waals surface area (Å²) >= 11 is 0. The van der Waals surface area contributed by atoms with E-state index in [0.29, 0.717) is 11.8 Å². The van der Waals surface area contributed by atoms with E-state index in [-0.39, 0.29) is 0 Å². The maximum Gasteiger partial charge on any atom is 0.145 e. The van der Waals surface area contributed by atoms with Gasteiger partial charge in [0.1, 0.15) is 22.8 Å². The molecule has 0 unspecified atom stereocenters. The predicted octanol–water partition coefficient (Wildman–Crippen LogP) is 4.04. The van der Waals surface area contributed by atoms with Crippen molar-refractivity contribution >= 4 is 16.7 Å². The second kappa shape index (κ2) is 6.26. The minimum Gasteiger partial charge on any atom is -0.496 e. The van der Waals surface area contributed by atoms with Crippen molar-refractivity contribution in [1.82, 2.24) is 4.98 Å². The lowest BCUT2D eigenvalue weighted by atomic mass is 9.92. The highest BCUT2D eigenvalue weighted by Crippen LogP contribution is 2.36. The van der Waals surface area contributed by atoms with Crippen molar-refractivity contribution in [3.8, 4) is 11.5 Å². The zero-order valence-corrected chi connectivity index (χ0v) is 14.7. The molecule has 0 N–H and O–H groups in total. The molecule has 4 heteroatoms. The van der Waals surface area contributed by atoms with Gasteiger partial charge in [-0.3, -0.25) is 0 Å². The van der Waals surface area contributed by atoms with Gasteiger partial charge in [0.05, 0.1) is 14.2 Å². The van der Waals surface area contributed by atoms with E-state index in [9.17, 15) is 0 Å². The Bertz CT molecular complexity index is 704. The number of hydrogen-bond donors (Lipinski definition) is 0. The fraction of sp³-hybridized carbons (Fsp3) is 0.526. The number of piperidine rings is 1. The summed E-state index contributed by atoms with van der Waals surface area (Å²) in [7, 11) is 3.39.